The summed E-state index contributed by atoms with van der Waals surface area (Å²) in [6, 6.07) is 0. The molecular formula is C6H17O4P. The van der Waals surface area contributed by atoms with Gasteiger partial charge in [0.2, 0.25) is 0 Å². The van der Waals surface area contributed by atoms with Gasteiger partial charge in [-0.3, -0.25) is 9.09 Å². The van der Waals surface area contributed by atoms with Crippen LogP contribution in [0.4, 0.5) is 0 Å². The molecule has 2 N–H and O–H groups in total. The lowest BCUT2D eigenvalue weighted by Gasteiger charge is -1.98. The van der Waals surface area contributed by atoms with Crippen LogP contribution in [-0.4, -0.2) is 16.3 Å². The second-order valence-corrected chi connectivity index (χ2v) is 2.75. The molecule has 0 radical (unpaired) electrons. The SMILES string of the molecule is CC(O)O[PH](=O)O.CCCC. The van der Waals surface area contributed by atoms with Crippen molar-refractivity contribution >= 4 is 8.25 Å². The largest absolute Gasteiger partial charge is 0.368 e. The molecule has 0 aliphatic carbocycles. The molecule has 11 heavy (non-hydrogen) atoms. The van der Waals surface area contributed by atoms with Gasteiger partial charge in [0.05, 0.1) is 0 Å². The van der Waals surface area contributed by atoms with E-state index in [0.29, 0.717) is 0 Å². The summed E-state index contributed by atoms with van der Waals surface area (Å²) in [5, 5.41) is 8.17. The van der Waals surface area contributed by atoms with E-state index in [0.717, 1.165) is 0 Å². The van der Waals surface area contributed by atoms with Crippen LogP contribution in [0.5, 0.6) is 0 Å². The molecule has 0 heterocycles. The fourth-order valence-corrected chi connectivity index (χ4v) is 0.438. The third-order valence-corrected chi connectivity index (χ3v) is 1.31. The van der Waals surface area contributed by atoms with Gasteiger partial charge < -0.3 is 10.00 Å². The minimum absolute atomic E-state index is 1.14. The molecule has 0 bridgehead atoms. The highest BCUT2D eigenvalue weighted by atomic mass is 31.1. The highest BCUT2D eigenvalue weighted by Crippen LogP contribution is 2.15. The Hall–Kier alpha value is 0.110. The second kappa shape index (κ2) is 10.1. The molecule has 0 saturated carbocycles. The third kappa shape index (κ3) is 25.5. The molecular weight excluding hydrogens is 167 g/mol. The molecule has 0 rings (SSSR count). The number of hydrogen-bond donors (Lipinski definition) is 2. The van der Waals surface area contributed by atoms with Gasteiger partial charge in [-0.25, -0.2) is 0 Å². The summed E-state index contributed by atoms with van der Waals surface area (Å²) >= 11 is 0. The highest BCUT2D eigenvalue weighted by Gasteiger charge is 1.95. The smallest absolute Gasteiger partial charge is 0.318 e. The summed E-state index contributed by atoms with van der Waals surface area (Å²) in [7, 11) is -2.93. The number of aliphatic hydroxyl groups is 1. The van der Waals surface area contributed by atoms with Gasteiger partial charge >= 0.3 is 8.25 Å². The van der Waals surface area contributed by atoms with Gasteiger partial charge in [0.25, 0.3) is 0 Å². The van der Waals surface area contributed by atoms with Crippen molar-refractivity contribution in [2.24, 2.45) is 0 Å². The minimum Gasteiger partial charge on any atom is -0.368 e. The molecule has 0 fully saturated rings. The first-order valence-electron chi connectivity index (χ1n) is 3.62. The Bertz CT molecular complexity index is 92.6. The summed E-state index contributed by atoms with van der Waals surface area (Å²) in [4.78, 5) is 7.89. The van der Waals surface area contributed by atoms with Crippen LogP contribution in [0.3, 0.4) is 0 Å². The van der Waals surface area contributed by atoms with Gasteiger partial charge in [0, 0.05) is 0 Å². The normalized spacial score (nSPS) is 14.6. The van der Waals surface area contributed by atoms with Gasteiger partial charge in [-0.15, -0.1) is 0 Å². The Morgan fingerprint density at radius 2 is 1.82 bits per heavy atom. The summed E-state index contributed by atoms with van der Waals surface area (Å²) in [6.45, 7) is 5.62. The predicted molar refractivity (Wildman–Crippen MR) is 44.6 cm³/mol. The van der Waals surface area contributed by atoms with Crippen molar-refractivity contribution in [1.29, 1.82) is 0 Å². The molecule has 0 aromatic heterocycles. The number of hydrogen-bond acceptors (Lipinski definition) is 3. The maximum Gasteiger partial charge on any atom is 0.318 e. The Kier molecular flexibility index (Phi) is 12.6. The molecule has 2 atom stereocenters. The first kappa shape index (κ1) is 13.7. The Morgan fingerprint density at radius 1 is 1.45 bits per heavy atom. The van der Waals surface area contributed by atoms with Crippen LogP contribution in [-0.2, 0) is 9.09 Å². The maximum atomic E-state index is 9.61. The standard InChI is InChI=1S/C4H10.C2H7O4P/c1-3-4-2;1-2(3)6-7(4)5/h3-4H2,1-2H3;2-3,7H,1H3,(H,4,5). The van der Waals surface area contributed by atoms with Gasteiger partial charge in [0.1, 0.15) is 0 Å². The van der Waals surface area contributed by atoms with E-state index in [2.05, 4.69) is 18.4 Å². The zero-order valence-electron chi connectivity index (χ0n) is 7.20. The van der Waals surface area contributed by atoms with Gasteiger partial charge in [0.15, 0.2) is 6.29 Å². The van der Waals surface area contributed by atoms with Crippen molar-refractivity contribution in [3.63, 3.8) is 0 Å². The molecule has 0 amide bonds. The quantitative estimate of drug-likeness (QED) is 0.515. The second-order valence-electron chi connectivity index (χ2n) is 1.98. The van der Waals surface area contributed by atoms with Gasteiger partial charge in [-0.05, 0) is 6.92 Å². The monoisotopic (exact) mass is 184 g/mol. The van der Waals surface area contributed by atoms with E-state index in [1.165, 1.54) is 19.8 Å². The number of rotatable bonds is 3. The number of aliphatic hydroxyl groups excluding tert-OH is 1. The van der Waals surface area contributed by atoms with Crippen LogP contribution < -0.4 is 0 Å². The van der Waals surface area contributed by atoms with Crippen molar-refractivity contribution in [3.8, 4) is 0 Å². The van der Waals surface area contributed by atoms with Crippen molar-refractivity contribution in [2.75, 3.05) is 0 Å². The van der Waals surface area contributed by atoms with Crippen LogP contribution in [0.1, 0.15) is 33.6 Å². The summed E-state index contributed by atoms with van der Waals surface area (Å²) < 4.78 is 13.5. The van der Waals surface area contributed by atoms with E-state index in [1.807, 2.05) is 0 Å². The van der Waals surface area contributed by atoms with E-state index in [9.17, 15) is 4.57 Å². The predicted octanol–water partition coefficient (Wildman–Crippen LogP) is 1.53. The van der Waals surface area contributed by atoms with Crippen molar-refractivity contribution in [3.05, 3.63) is 0 Å². The molecule has 0 aliphatic heterocycles. The zero-order valence-corrected chi connectivity index (χ0v) is 8.20. The maximum absolute atomic E-state index is 9.61. The highest BCUT2D eigenvalue weighted by molar-refractivity contribution is 7.32. The fraction of sp³-hybridized carbons (Fsp3) is 1.00. The summed E-state index contributed by atoms with van der Waals surface area (Å²) in [5.74, 6) is 0. The van der Waals surface area contributed by atoms with E-state index in [-0.39, 0.29) is 0 Å². The average molecular weight is 184 g/mol. The van der Waals surface area contributed by atoms with E-state index >= 15 is 0 Å². The number of unbranched alkanes of at least 4 members (excludes halogenated alkanes) is 1. The van der Waals surface area contributed by atoms with E-state index in [4.69, 9.17) is 10.00 Å². The Balaban J connectivity index is 0. The lowest BCUT2D eigenvalue weighted by atomic mass is 10.4. The molecule has 0 saturated heterocycles. The molecule has 4 nitrogen and oxygen atoms in total. The van der Waals surface area contributed by atoms with Crippen molar-refractivity contribution in [2.45, 2.75) is 39.9 Å². The Labute approximate surface area is 68.1 Å². The molecule has 0 spiro atoms. The van der Waals surface area contributed by atoms with E-state index < -0.39 is 14.5 Å². The van der Waals surface area contributed by atoms with Crippen LogP contribution in [0.15, 0.2) is 0 Å². The molecule has 0 aromatic carbocycles. The van der Waals surface area contributed by atoms with Crippen molar-refractivity contribution in [1.82, 2.24) is 0 Å². The minimum atomic E-state index is -2.93. The molecule has 0 aliphatic rings. The average Bonchev–Trinajstić information content (AvgIpc) is 1.85. The van der Waals surface area contributed by atoms with Gasteiger partial charge in [-0.2, -0.15) is 0 Å². The third-order valence-electron chi connectivity index (χ3n) is 0.771. The van der Waals surface area contributed by atoms with Crippen LogP contribution in [0, 0.1) is 0 Å². The van der Waals surface area contributed by atoms with E-state index in [1.54, 1.807) is 0 Å². The van der Waals surface area contributed by atoms with Gasteiger partial charge in [-0.1, -0.05) is 26.7 Å². The van der Waals surface area contributed by atoms with Crippen LogP contribution in [0.2, 0.25) is 0 Å². The molecule has 70 valence electrons. The summed E-state index contributed by atoms with van der Waals surface area (Å²) in [5.41, 5.74) is 0. The fourth-order valence-electron chi connectivity index (χ4n) is 0.146. The van der Waals surface area contributed by atoms with Crippen molar-refractivity contribution < 1.29 is 19.1 Å². The molecule has 0 aromatic rings. The molecule has 2 unspecified atom stereocenters. The first-order valence-corrected chi connectivity index (χ1v) is 4.88. The lowest BCUT2D eigenvalue weighted by molar-refractivity contribution is -0.00179. The lowest BCUT2D eigenvalue weighted by Crippen LogP contribution is -1.98. The van der Waals surface area contributed by atoms with Crippen LogP contribution in [0.25, 0.3) is 0 Å². The molecule has 5 heteroatoms. The first-order chi connectivity index (χ1) is 5.04. The zero-order chi connectivity index (χ0) is 9.28. The topological polar surface area (TPSA) is 66.8 Å². The Morgan fingerprint density at radius 3 is 1.82 bits per heavy atom. The van der Waals surface area contributed by atoms with Crippen LogP contribution >= 0.6 is 8.25 Å². The summed E-state index contributed by atoms with van der Waals surface area (Å²) in [6.07, 6.45) is 1.50.